The summed E-state index contributed by atoms with van der Waals surface area (Å²) in [5.41, 5.74) is 1.99. The normalized spacial score (nSPS) is 17.8. The van der Waals surface area contributed by atoms with Crippen molar-refractivity contribution >= 4 is 39.4 Å². The van der Waals surface area contributed by atoms with Gasteiger partial charge in [-0.1, -0.05) is 36.4 Å². The lowest BCUT2D eigenvalue weighted by atomic mass is 9.91. The third-order valence-corrected chi connectivity index (χ3v) is 7.32. The number of ether oxygens (including phenoxy) is 2. The van der Waals surface area contributed by atoms with Gasteiger partial charge in [-0.2, -0.15) is 0 Å². The number of anilines is 1. The van der Waals surface area contributed by atoms with E-state index >= 15 is 0 Å². The van der Waals surface area contributed by atoms with Crippen molar-refractivity contribution in [3.63, 3.8) is 0 Å². The monoisotopic (exact) mass is 594 g/mol. The molecule has 3 unspecified atom stereocenters. The Bertz CT molecular complexity index is 1350. The minimum atomic E-state index is -1.39. The lowest BCUT2D eigenvalue weighted by molar-refractivity contribution is -0.181. The molecule has 0 radical (unpaired) electrons. The van der Waals surface area contributed by atoms with Crippen LogP contribution in [0.15, 0.2) is 71.3 Å². The summed E-state index contributed by atoms with van der Waals surface area (Å²) in [5.74, 6) is -1.60. The maximum absolute atomic E-state index is 13.2. The number of fused-ring (bicyclic) bond motifs is 1. The SMILES string of the molecule is COC1(C(=O)OC(C)CNC(=O)C(C)c2ccc(NC(=O)c3ccccn3)c(Br)c2)NCCc2ccccc21. The summed E-state index contributed by atoms with van der Waals surface area (Å²) >= 11 is 3.47. The molecule has 1 aliphatic rings. The van der Waals surface area contributed by atoms with Crippen LogP contribution in [-0.2, 0) is 31.2 Å². The summed E-state index contributed by atoms with van der Waals surface area (Å²) in [5, 5.41) is 8.83. The summed E-state index contributed by atoms with van der Waals surface area (Å²) in [7, 11) is 1.47. The molecule has 10 heteroatoms. The fourth-order valence-corrected chi connectivity index (χ4v) is 4.94. The van der Waals surface area contributed by atoms with Crippen molar-refractivity contribution in [1.29, 1.82) is 0 Å². The molecule has 2 aromatic carbocycles. The molecule has 0 spiro atoms. The average molecular weight is 595 g/mol. The van der Waals surface area contributed by atoms with Crippen molar-refractivity contribution in [3.8, 4) is 0 Å². The van der Waals surface area contributed by atoms with E-state index in [1.54, 1.807) is 56.4 Å². The first-order valence-corrected chi connectivity index (χ1v) is 13.4. The first kappa shape index (κ1) is 28.4. The van der Waals surface area contributed by atoms with Crippen molar-refractivity contribution in [2.75, 3.05) is 25.5 Å². The molecule has 0 saturated carbocycles. The maximum Gasteiger partial charge on any atom is 0.359 e. The van der Waals surface area contributed by atoms with E-state index in [0.717, 1.165) is 23.1 Å². The molecule has 4 rings (SSSR count). The van der Waals surface area contributed by atoms with Crippen LogP contribution in [0.1, 0.15) is 46.9 Å². The number of benzene rings is 2. The average Bonchev–Trinajstić information content (AvgIpc) is 2.96. The van der Waals surface area contributed by atoms with Crippen molar-refractivity contribution < 1.29 is 23.9 Å². The summed E-state index contributed by atoms with van der Waals surface area (Å²) in [6, 6.07) is 18.0. The van der Waals surface area contributed by atoms with Gasteiger partial charge in [0.2, 0.25) is 11.6 Å². The van der Waals surface area contributed by atoms with Crippen molar-refractivity contribution in [2.24, 2.45) is 0 Å². The second-order valence-electron chi connectivity index (χ2n) is 9.31. The summed E-state index contributed by atoms with van der Waals surface area (Å²) < 4.78 is 12.0. The highest BCUT2D eigenvalue weighted by atomic mass is 79.9. The van der Waals surface area contributed by atoms with Crippen LogP contribution in [0.25, 0.3) is 0 Å². The Labute approximate surface area is 235 Å². The Morgan fingerprint density at radius 1 is 1.10 bits per heavy atom. The first-order valence-electron chi connectivity index (χ1n) is 12.6. The van der Waals surface area contributed by atoms with Crippen LogP contribution in [0.5, 0.6) is 0 Å². The summed E-state index contributed by atoms with van der Waals surface area (Å²) in [6.07, 6.45) is 1.75. The molecule has 0 aliphatic carbocycles. The predicted molar refractivity (Wildman–Crippen MR) is 150 cm³/mol. The number of carbonyl (C=O) groups excluding carboxylic acids is 3. The zero-order valence-corrected chi connectivity index (χ0v) is 23.6. The molecule has 3 N–H and O–H groups in total. The topological polar surface area (TPSA) is 119 Å². The van der Waals surface area contributed by atoms with E-state index in [4.69, 9.17) is 9.47 Å². The van der Waals surface area contributed by atoms with E-state index < -0.39 is 23.7 Å². The van der Waals surface area contributed by atoms with Gasteiger partial charge in [0.25, 0.3) is 5.91 Å². The zero-order valence-electron chi connectivity index (χ0n) is 22.0. The Morgan fingerprint density at radius 3 is 2.59 bits per heavy atom. The number of methoxy groups -OCH3 is 1. The van der Waals surface area contributed by atoms with Gasteiger partial charge in [-0.05, 0) is 71.6 Å². The number of aromatic nitrogens is 1. The molecule has 0 saturated heterocycles. The molecular weight excluding hydrogens is 564 g/mol. The van der Waals surface area contributed by atoms with E-state index in [1.165, 1.54) is 7.11 Å². The van der Waals surface area contributed by atoms with Gasteiger partial charge in [0.1, 0.15) is 11.8 Å². The van der Waals surface area contributed by atoms with Crippen molar-refractivity contribution in [3.05, 3.63) is 93.7 Å². The highest BCUT2D eigenvalue weighted by Gasteiger charge is 2.46. The van der Waals surface area contributed by atoms with Crippen LogP contribution in [0.4, 0.5) is 5.69 Å². The molecule has 1 aliphatic heterocycles. The van der Waals surface area contributed by atoms with Gasteiger partial charge in [0.05, 0.1) is 18.2 Å². The maximum atomic E-state index is 13.2. The minimum Gasteiger partial charge on any atom is -0.457 e. The number of hydrogen-bond acceptors (Lipinski definition) is 7. The van der Waals surface area contributed by atoms with E-state index in [1.807, 2.05) is 24.3 Å². The van der Waals surface area contributed by atoms with Gasteiger partial charge in [-0.15, -0.1) is 0 Å². The van der Waals surface area contributed by atoms with Crippen LogP contribution < -0.4 is 16.0 Å². The highest BCUT2D eigenvalue weighted by molar-refractivity contribution is 9.10. The van der Waals surface area contributed by atoms with Crippen LogP contribution in [-0.4, -0.2) is 49.1 Å². The Morgan fingerprint density at radius 2 is 1.87 bits per heavy atom. The third-order valence-electron chi connectivity index (χ3n) is 6.66. The molecule has 9 nitrogen and oxygen atoms in total. The molecule has 2 amide bonds. The Balaban J connectivity index is 1.33. The fraction of sp³-hybridized carbons (Fsp3) is 0.310. The molecule has 0 bridgehead atoms. The van der Waals surface area contributed by atoms with Gasteiger partial charge in [0, 0.05) is 29.9 Å². The molecule has 3 atom stereocenters. The number of nitrogens with zero attached hydrogens (tertiary/aromatic N) is 1. The van der Waals surface area contributed by atoms with Crippen molar-refractivity contribution in [1.82, 2.24) is 15.6 Å². The van der Waals surface area contributed by atoms with Gasteiger partial charge in [0.15, 0.2) is 0 Å². The lowest BCUT2D eigenvalue weighted by Crippen LogP contribution is -2.56. The predicted octanol–water partition coefficient (Wildman–Crippen LogP) is 3.89. The second kappa shape index (κ2) is 12.5. The van der Waals surface area contributed by atoms with E-state index in [9.17, 15) is 14.4 Å². The number of amides is 2. The highest BCUT2D eigenvalue weighted by Crippen LogP contribution is 2.31. The second-order valence-corrected chi connectivity index (χ2v) is 10.2. The number of rotatable bonds is 9. The van der Waals surface area contributed by atoms with Crippen LogP contribution in [0, 0.1) is 0 Å². The van der Waals surface area contributed by atoms with Crippen LogP contribution in [0.3, 0.4) is 0 Å². The van der Waals surface area contributed by atoms with Gasteiger partial charge in [-0.3, -0.25) is 19.9 Å². The molecule has 1 aromatic heterocycles. The van der Waals surface area contributed by atoms with Gasteiger partial charge >= 0.3 is 5.97 Å². The van der Waals surface area contributed by atoms with E-state index in [2.05, 4.69) is 36.9 Å². The quantitative estimate of drug-likeness (QED) is 0.321. The van der Waals surface area contributed by atoms with Crippen molar-refractivity contribution in [2.45, 2.75) is 38.0 Å². The lowest BCUT2D eigenvalue weighted by Gasteiger charge is -2.37. The number of carbonyl (C=O) groups is 3. The molecule has 0 fully saturated rings. The molecule has 39 heavy (non-hydrogen) atoms. The van der Waals surface area contributed by atoms with E-state index in [-0.39, 0.29) is 18.4 Å². The number of halogens is 1. The fourth-order valence-electron chi connectivity index (χ4n) is 4.44. The number of esters is 1. The minimum absolute atomic E-state index is 0.135. The van der Waals surface area contributed by atoms with Crippen LogP contribution in [0.2, 0.25) is 0 Å². The molecule has 3 aromatic rings. The molecule has 2 heterocycles. The summed E-state index contributed by atoms with van der Waals surface area (Å²) in [4.78, 5) is 42.6. The standard InChI is InChI=1S/C29H31BrN4O5/c1-18(39-28(37)29(38-3)22-9-5-4-8-20(22)13-15-33-29)17-32-26(35)19(2)21-11-12-24(23(30)16-21)34-27(36)25-10-6-7-14-31-25/h4-12,14,16,18-19,33H,13,15,17H2,1-3H3,(H,32,35)(H,34,36). The zero-order chi connectivity index (χ0) is 28.0. The largest absolute Gasteiger partial charge is 0.457 e. The first-order chi connectivity index (χ1) is 18.7. The summed E-state index contributed by atoms with van der Waals surface area (Å²) in [6.45, 7) is 4.21. The van der Waals surface area contributed by atoms with Gasteiger partial charge in [-0.25, -0.2) is 4.79 Å². The van der Waals surface area contributed by atoms with E-state index in [0.29, 0.717) is 22.4 Å². The number of hydrogen-bond donors (Lipinski definition) is 3. The number of nitrogens with one attached hydrogen (secondary N) is 3. The smallest absolute Gasteiger partial charge is 0.359 e. The van der Waals surface area contributed by atoms with Crippen LogP contribution >= 0.6 is 15.9 Å². The Kier molecular flexibility index (Phi) is 9.11. The molecule has 204 valence electrons. The Hall–Kier alpha value is -3.60. The van der Waals surface area contributed by atoms with Gasteiger partial charge < -0.3 is 20.1 Å². The third kappa shape index (κ3) is 6.35. The molecular formula is C29H31BrN4O5. The number of pyridine rings is 1.